The molecule has 2 aliphatic rings. The number of fused-ring (bicyclic) bond motifs is 1. The average molecular weight is 425 g/mol. The molecule has 4 rings (SSSR count). The number of ether oxygens (including phenoxy) is 2. The highest BCUT2D eigenvalue weighted by molar-refractivity contribution is 7.07. The van der Waals surface area contributed by atoms with Crippen molar-refractivity contribution in [3.8, 4) is 5.75 Å². The molecule has 0 amide bonds. The van der Waals surface area contributed by atoms with Crippen molar-refractivity contribution in [3.63, 3.8) is 0 Å². The SMILES string of the molecule is COC(=O)C1=C(C)N=c2sc(=CC3CC=CCC3)c(=O)n2C1c1ccc(OC)cc1. The zero-order chi connectivity index (χ0) is 21.3. The molecule has 2 unspecified atom stereocenters. The van der Waals surface area contributed by atoms with Crippen LogP contribution in [0, 0.1) is 5.92 Å². The Kier molecular flexibility index (Phi) is 5.72. The molecule has 2 heterocycles. The highest BCUT2D eigenvalue weighted by Crippen LogP contribution is 2.31. The molecule has 0 saturated heterocycles. The normalized spacial score (nSPS) is 21.2. The van der Waals surface area contributed by atoms with Crippen molar-refractivity contribution in [2.45, 2.75) is 32.2 Å². The highest BCUT2D eigenvalue weighted by atomic mass is 32.1. The largest absolute Gasteiger partial charge is 0.497 e. The summed E-state index contributed by atoms with van der Waals surface area (Å²) in [6, 6.07) is 6.80. The van der Waals surface area contributed by atoms with Crippen molar-refractivity contribution in [2.24, 2.45) is 10.9 Å². The van der Waals surface area contributed by atoms with Gasteiger partial charge in [-0.15, -0.1) is 0 Å². The number of allylic oxidation sites excluding steroid dienone is 3. The molecule has 1 aromatic heterocycles. The van der Waals surface area contributed by atoms with Crippen molar-refractivity contribution in [3.05, 3.63) is 72.9 Å². The number of nitrogens with zero attached hydrogens (tertiary/aromatic N) is 2. The molecule has 1 aliphatic carbocycles. The van der Waals surface area contributed by atoms with E-state index < -0.39 is 12.0 Å². The molecular formula is C23H24N2O4S. The van der Waals surface area contributed by atoms with Gasteiger partial charge < -0.3 is 9.47 Å². The second kappa shape index (κ2) is 8.44. The van der Waals surface area contributed by atoms with E-state index >= 15 is 0 Å². The Morgan fingerprint density at radius 1 is 1.23 bits per heavy atom. The van der Waals surface area contributed by atoms with Crippen LogP contribution in [0.3, 0.4) is 0 Å². The minimum atomic E-state index is -0.590. The van der Waals surface area contributed by atoms with Crippen molar-refractivity contribution in [1.29, 1.82) is 0 Å². The van der Waals surface area contributed by atoms with Gasteiger partial charge in [0.15, 0.2) is 4.80 Å². The van der Waals surface area contributed by atoms with Crippen LogP contribution in [0.1, 0.15) is 37.8 Å². The molecule has 0 N–H and O–H groups in total. The molecule has 1 aliphatic heterocycles. The fourth-order valence-corrected chi connectivity index (χ4v) is 5.10. The molecule has 0 spiro atoms. The molecule has 0 radical (unpaired) electrons. The third kappa shape index (κ3) is 3.65. The number of esters is 1. The van der Waals surface area contributed by atoms with Crippen molar-refractivity contribution in [1.82, 2.24) is 4.57 Å². The molecule has 0 fully saturated rings. The Morgan fingerprint density at radius 2 is 2.00 bits per heavy atom. The van der Waals surface area contributed by atoms with Gasteiger partial charge in [0, 0.05) is 0 Å². The number of carbonyl (C=O) groups is 1. The summed E-state index contributed by atoms with van der Waals surface area (Å²) in [5.41, 5.74) is 1.63. The second-order valence-corrected chi connectivity index (χ2v) is 8.42. The molecular weight excluding hydrogens is 400 g/mol. The van der Waals surface area contributed by atoms with Crippen LogP contribution in [0.4, 0.5) is 0 Å². The third-order valence-corrected chi connectivity index (χ3v) is 6.56. The third-order valence-electron chi connectivity index (χ3n) is 5.56. The first-order chi connectivity index (χ1) is 14.5. The molecule has 30 heavy (non-hydrogen) atoms. The van der Waals surface area contributed by atoms with E-state index in [2.05, 4.69) is 23.2 Å². The summed E-state index contributed by atoms with van der Waals surface area (Å²) >= 11 is 1.38. The van der Waals surface area contributed by atoms with Gasteiger partial charge in [-0.2, -0.15) is 0 Å². The maximum absolute atomic E-state index is 13.4. The van der Waals surface area contributed by atoms with Crippen LogP contribution < -0.4 is 19.6 Å². The maximum atomic E-state index is 13.4. The second-order valence-electron chi connectivity index (χ2n) is 7.41. The summed E-state index contributed by atoms with van der Waals surface area (Å²) in [6.45, 7) is 1.78. The predicted molar refractivity (Wildman–Crippen MR) is 116 cm³/mol. The quantitative estimate of drug-likeness (QED) is 0.559. The smallest absolute Gasteiger partial charge is 0.338 e. The number of methoxy groups -OCH3 is 2. The van der Waals surface area contributed by atoms with Gasteiger partial charge in [-0.1, -0.05) is 41.7 Å². The van der Waals surface area contributed by atoms with Crippen LogP contribution in [0.5, 0.6) is 5.75 Å². The van der Waals surface area contributed by atoms with Crippen LogP contribution >= 0.6 is 11.3 Å². The van der Waals surface area contributed by atoms with Gasteiger partial charge in [-0.25, -0.2) is 9.79 Å². The van der Waals surface area contributed by atoms with Gasteiger partial charge in [0.25, 0.3) is 5.56 Å². The first-order valence-electron chi connectivity index (χ1n) is 9.93. The van der Waals surface area contributed by atoms with Crippen molar-refractivity contribution >= 4 is 23.4 Å². The summed E-state index contributed by atoms with van der Waals surface area (Å²) < 4.78 is 12.6. The number of hydrogen-bond acceptors (Lipinski definition) is 6. The molecule has 0 bridgehead atoms. The molecule has 2 aromatic rings. The molecule has 2 atom stereocenters. The standard InChI is InChI=1S/C23H24N2O4S/c1-14-19(22(27)29-3)20(16-9-11-17(28-2)12-10-16)25-21(26)18(30-23(25)24-14)13-15-7-5-4-6-8-15/h4-5,9-13,15,20H,6-8H2,1-3H3. The van der Waals surface area contributed by atoms with Crippen molar-refractivity contribution < 1.29 is 14.3 Å². The molecule has 6 nitrogen and oxygen atoms in total. The fraction of sp³-hybridized carbons (Fsp3) is 0.348. The number of rotatable bonds is 4. The number of benzene rings is 1. The first-order valence-corrected chi connectivity index (χ1v) is 10.7. The van der Waals surface area contributed by atoms with E-state index in [0.29, 0.717) is 32.3 Å². The van der Waals surface area contributed by atoms with Crippen LogP contribution in [0.2, 0.25) is 0 Å². The van der Waals surface area contributed by atoms with Crippen LogP contribution in [-0.2, 0) is 9.53 Å². The van der Waals surface area contributed by atoms with E-state index in [1.165, 1.54) is 18.4 Å². The lowest BCUT2D eigenvalue weighted by Crippen LogP contribution is -2.39. The Labute approximate surface area is 178 Å². The first kappa shape index (κ1) is 20.3. The van der Waals surface area contributed by atoms with Gasteiger partial charge in [0.1, 0.15) is 5.75 Å². The maximum Gasteiger partial charge on any atom is 0.338 e. The summed E-state index contributed by atoms with van der Waals surface area (Å²) in [5, 5.41) is 0. The van der Waals surface area contributed by atoms with Gasteiger partial charge in [0.05, 0.1) is 36.1 Å². The molecule has 1 aromatic carbocycles. The number of aromatic nitrogens is 1. The Balaban J connectivity index is 1.90. The van der Waals surface area contributed by atoms with Gasteiger partial charge in [-0.3, -0.25) is 9.36 Å². The number of thiazole rings is 1. The summed E-state index contributed by atoms with van der Waals surface area (Å²) in [6.07, 6.45) is 9.42. The summed E-state index contributed by atoms with van der Waals surface area (Å²) in [5.74, 6) is 0.567. The Morgan fingerprint density at radius 3 is 2.63 bits per heavy atom. The van der Waals surface area contributed by atoms with E-state index in [1.54, 1.807) is 18.6 Å². The minimum Gasteiger partial charge on any atom is -0.497 e. The van der Waals surface area contributed by atoms with Crippen LogP contribution in [0.25, 0.3) is 6.08 Å². The molecule has 0 saturated carbocycles. The summed E-state index contributed by atoms with van der Waals surface area (Å²) in [4.78, 5) is 31.2. The zero-order valence-corrected chi connectivity index (χ0v) is 18.1. The molecule has 7 heteroatoms. The lowest BCUT2D eigenvalue weighted by Gasteiger charge is -2.24. The number of carbonyl (C=O) groups excluding carboxylic acids is 1. The van der Waals surface area contributed by atoms with Gasteiger partial charge in [-0.05, 0) is 49.8 Å². The Hall–Kier alpha value is -2.93. The van der Waals surface area contributed by atoms with E-state index in [4.69, 9.17) is 9.47 Å². The van der Waals surface area contributed by atoms with E-state index in [-0.39, 0.29) is 5.56 Å². The number of hydrogen-bond donors (Lipinski definition) is 0. The van der Waals surface area contributed by atoms with E-state index in [1.807, 2.05) is 24.3 Å². The van der Waals surface area contributed by atoms with Gasteiger partial charge >= 0.3 is 5.97 Å². The highest BCUT2D eigenvalue weighted by Gasteiger charge is 2.33. The average Bonchev–Trinajstić information content (AvgIpc) is 3.07. The Bertz CT molecular complexity index is 1200. The van der Waals surface area contributed by atoms with E-state index in [9.17, 15) is 9.59 Å². The van der Waals surface area contributed by atoms with Crippen molar-refractivity contribution in [2.75, 3.05) is 14.2 Å². The molecule has 156 valence electrons. The predicted octanol–water partition coefficient (Wildman–Crippen LogP) is 2.72. The van der Waals surface area contributed by atoms with E-state index in [0.717, 1.165) is 24.8 Å². The van der Waals surface area contributed by atoms with Crippen LogP contribution in [-0.4, -0.2) is 24.8 Å². The lowest BCUT2D eigenvalue weighted by atomic mass is 9.94. The topological polar surface area (TPSA) is 69.9 Å². The fourth-order valence-electron chi connectivity index (χ4n) is 3.99. The summed E-state index contributed by atoms with van der Waals surface area (Å²) in [7, 11) is 2.94. The van der Waals surface area contributed by atoms with Crippen LogP contribution in [0.15, 0.2) is 57.5 Å². The minimum absolute atomic E-state index is 0.122. The van der Waals surface area contributed by atoms with Gasteiger partial charge in [0.2, 0.25) is 0 Å². The monoisotopic (exact) mass is 424 g/mol. The lowest BCUT2D eigenvalue weighted by molar-refractivity contribution is -0.136. The zero-order valence-electron chi connectivity index (χ0n) is 17.3.